The molecule has 0 saturated heterocycles. The van der Waals surface area contributed by atoms with E-state index >= 15 is 0 Å². The van der Waals surface area contributed by atoms with E-state index in [4.69, 9.17) is 9.15 Å². The largest absolute Gasteiger partial charge is 0.468 e. The molecule has 2 aromatic carbocycles. The minimum absolute atomic E-state index is 0.253. The summed E-state index contributed by atoms with van der Waals surface area (Å²) in [6.07, 6.45) is 6.06. The number of allylic oxidation sites excluding steroid dienone is 1. The number of ether oxygens (including phenoxy) is 1. The van der Waals surface area contributed by atoms with Crippen LogP contribution in [0.1, 0.15) is 24.0 Å². The minimum atomic E-state index is -3.69. The van der Waals surface area contributed by atoms with Crippen LogP contribution in [0.15, 0.2) is 87.5 Å². The van der Waals surface area contributed by atoms with E-state index in [0.717, 1.165) is 27.7 Å². The van der Waals surface area contributed by atoms with Crippen LogP contribution in [0.2, 0.25) is 0 Å². The van der Waals surface area contributed by atoms with Crippen molar-refractivity contribution >= 4 is 27.0 Å². The first kappa shape index (κ1) is 20.6. The van der Waals surface area contributed by atoms with Crippen molar-refractivity contribution in [3.63, 3.8) is 0 Å². The summed E-state index contributed by atoms with van der Waals surface area (Å²) < 4.78 is 38.8. The molecular weight excluding hydrogens is 426 g/mol. The van der Waals surface area contributed by atoms with Crippen molar-refractivity contribution in [3.8, 4) is 0 Å². The van der Waals surface area contributed by atoms with Gasteiger partial charge in [-0.3, -0.25) is 9.10 Å². The predicted octanol–water partition coefficient (Wildman–Crippen LogP) is 4.46. The van der Waals surface area contributed by atoms with Gasteiger partial charge < -0.3 is 9.15 Å². The van der Waals surface area contributed by atoms with Crippen molar-refractivity contribution in [1.82, 2.24) is 4.31 Å². The number of furan rings is 1. The Balaban J connectivity index is 1.57. The quantitative estimate of drug-likeness (QED) is 0.550. The number of nitrogens with zero attached hydrogens (tertiary/aromatic N) is 1. The van der Waals surface area contributed by atoms with Crippen LogP contribution in [0.3, 0.4) is 0 Å². The molecule has 3 aromatic rings. The number of esters is 1. The minimum Gasteiger partial charge on any atom is -0.468 e. The second-order valence-electron chi connectivity index (χ2n) is 8.21. The number of aryl methyl sites for hydroxylation is 1. The molecule has 0 spiro atoms. The molecule has 0 N–H and O–H groups in total. The summed E-state index contributed by atoms with van der Waals surface area (Å²) in [6.45, 7) is 2.22. The molecule has 5 rings (SSSR count). The lowest BCUT2D eigenvalue weighted by Gasteiger charge is -2.43. The maximum absolute atomic E-state index is 13.2. The van der Waals surface area contributed by atoms with Crippen LogP contribution in [-0.4, -0.2) is 32.3 Å². The van der Waals surface area contributed by atoms with Crippen LogP contribution >= 0.6 is 0 Å². The molecule has 1 aromatic heterocycles. The lowest BCUT2D eigenvalue weighted by Crippen LogP contribution is -2.47. The van der Waals surface area contributed by atoms with Gasteiger partial charge in [-0.1, -0.05) is 42.0 Å². The molecule has 1 fully saturated rings. The first-order valence-electron chi connectivity index (χ1n) is 10.4. The number of methoxy groups -OCH3 is 1. The van der Waals surface area contributed by atoms with Crippen LogP contribution in [0.5, 0.6) is 0 Å². The molecule has 2 aliphatic rings. The Morgan fingerprint density at radius 3 is 2.62 bits per heavy atom. The van der Waals surface area contributed by atoms with Crippen molar-refractivity contribution in [2.45, 2.75) is 30.1 Å². The van der Waals surface area contributed by atoms with E-state index in [2.05, 4.69) is 0 Å². The van der Waals surface area contributed by atoms with Crippen molar-refractivity contribution in [1.29, 1.82) is 0 Å². The molecule has 0 radical (unpaired) electrons. The zero-order valence-electron chi connectivity index (χ0n) is 17.9. The second kappa shape index (κ2) is 7.38. The number of carbonyl (C=O) groups is 1. The lowest BCUT2D eigenvalue weighted by atomic mass is 9.57. The molecule has 32 heavy (non-hydrogen) atoms. The van der Waals surface area contributed by atoms with E-state index in [1.165, 1.54) is 11.4 Å². The Kier molecular flexibility index (Phi) is 4.74. The van der Waals surface area contributed by atoms with Gasteiger partial charge in [0.15, 0.2) is 0 Å². The van der Waals surface area contributed by atoms with E-state index in [1.807, 2.05) is 37.3 Å². The SMILES string of the molecule is COC(=O)C1(c2coc3ccccc23)CC2=CN(S(=O)(=O)c3ccc(C)cc3)CCC=C21. The summed E-state index contributed by atoms with van der Waals surface area (Å²) in [6, 6.07) is 14.4. The smallest absolute Gasteiger partial charge is 0.321 e. The number of hydrogen-bond donors (Lipinski definition) is 0. The topological polar surface area (TPSA) is 76.8 Å². The van der Waals surface area contributed by atoms with Gasteiger partial charge in [-0.25, -0.2) is 8.42 Å². The van der Waals surface area contributed by atoms with Crippen molar-refractivity contribution in [2.75, 3.05) is 13.7 Å². The van der Waals surface area contributed by atoms with Gasteiger partial charge in [0.2, 0.25) is 0 Å². The Hall–Kier alpha value is -3.32. The van der Waals surface area contributed by atoms with Crippen molar-refractivity contribution in [2.24, 2.45) is 0 Å². The zero-order chi connectivity index (χ0) is 22.5. The number of carbonyl (C=O) groups excluding carboxylic acids is 1. The van der Waals surface area contributed by atoms with Crippen LogP contribution in [0.4, 0.5) is 0 Å². The fraction of sp³-hybridized carbons (Fsp3) is 0.240. The average molecular weight is 450 g/mol. The first-order valence-corrected chi connectivity index (χ1v) is 11.9. The van der Waals surface area contributed by atoms with E-state index in [9.17, 15) is 13.2 Å². The van der Waals surface area contributed by atoms with Gasteiger partial charge in [-0.15, -0.1) is 0 Å². The first-order chi connectivity index (χ1) is 15.4. The average Bonchev–Trinajstić information content (AvgIpc) is 3.12. The van der Waals surface area contributed by atoms with Gasteiger partial charge in [-0.2, -0.15) is 0 Å². The highest BCUT2D eigenvalue weighted by Crippen LogP contribution is 2.55. The second-order valence-corrected chi connectivity index (χ2v) is 10.1. The van der Waals surface area contributed by atoms with Gasteiger partial charge in [0, 0.05) is 23.7 Å². The lowest BCUT2D eigenvalue weighted by molar-refractivity contribution is -0.147. The number of hydrogen-bond acceptors (Lipinski definition) is 5. The van der Waals surface area contributed by atoms with E-state index in [1.54, 1.807) is 36.7 Å². The molecule has 7 heteroatoms. The highest BCUT2D eigenvalue weighted by Gasteiger charge is 2.56. The molecule has 164 valence electrons. The maximum atomic E-state index is 13.2. The third-order valence-corrected chi connectivity index (χ3v) is 8.13. The molecule has 6 nitrogen and oxygen atoms in total. The van der Waals surface area contributed by atoms with Gasteiger partial charge in [-0.05, 0) is 49.1 Å². The molecule has 1 atom stereocenters. The predicted molar refractivity (Wildman–Crippen MR) is 120 cm³/mol. The molecule has 0 amide bonds. The number of para-hydroxylation sites is 1. The number of benzene rings is 2. The van der Waals surface area contributed by atoms with Crippen LogP contribution in [0, 0.1) is 6.92 Å². The van der Waals surface area contributed by atoms with Crippen molar-refractivity contribution < 1.29 is 22.4 Å². The molecule has 1 saturated carbocycles. The van der Waals surface area contributed by atoms with Gasteiger partial charge in [0.25, 0.3) is 10.0 Å². The van der Waals surface area contributed by atoms with Gasteiger partial charge in [0.1, 0.15) is 11.0 Å². The summed E-state index contributed by atoms with van der Waals surface area (Å²) in [5.74, 6) is -0.373. The third-order valence-electron chi connectivity index (χ3n) is 6.36. The molecule has 1 aliphatic heterocycles. The Bertz CT molecular complexity index is 1380. The fourth-order valence-corrected chi connectivity index (χ4v) is 6.05. The molecule has 0 bridgehead atoms. The Morgan fingerprint density at radius 1 is 1.12 bits per heavy atom. The Labute approximate surface area is 186 Å². The van der Waals surface area contributed by atoms with Crippen LogP contribution in [0.25, 0.3) is 11.0 Å². The van der Waals surface area contributed by atoms with E-state index < -0.39 is 15.4 Å². The standard InChI is InChI=1S/C25H23NO5S/c1-17-9-11-19(12-10-17)32(28,29)26-13-5-7-21-18(15-26)14-25(21,24(27)30-2)22-16-31-23-8-4-3-6-20(22)23/h3-4,6-12,15-16H,5,13-14H2,1-2H3. The summed E-state index contributed by atoms with van der Waals surface area (Å²) in [5.41, 5.74) is 3.04. The normalized spacial score (nSPS) is 20.6. The van der Waals surface area contributed by atoms with Crippen LogP contribution in [-0.2, 0) is 25.0 Å². The van der Waals surface area contributed by atoms with E-state index in [0.29, 0.717) is 25.0 Å². The summed E-state index contributed by atoms with van der Waals surface area (Å²) in [4.78, 5) is 13.3. The molecule has 1 aliphatic carbocycles. The number of rotatable bonds is 4. The van der Waals surface area contributed by atoms with Crippen molar-refractivity contribution in [3.05, 3.63) is 89.3 Å². The van der Waals surface area contributed by atoms with Gasteiger partial charge in [0.05, 0.1) is 18.3 Å². The van der Waals surface area contributed by atoms with E-state index in [-0.39, 0.29) is 10.9 Å². The molecule has 2 heterocycles. The molecule has 1 unspecified atom stereocenters. The zero-order valence-corrected chi connectivity index (χ0v) is 18.7. The summed E-state index contributed by atoms with van der Waals surface area (Å²) >= 11 is 0. The third kappa shape index (κ3) is 2.92. The maximum Gasteiger partial charge on any atom is 0.321 e. The number of fused-ring (bicyclic) bond motifs is 2. The highest BCUT2D eigenvalue weighted by molar-refractivity contribution is 7.89. The number of sulfonamides is 1. The highest BCUT2D eigenvalue weighted by atomic mass is 32.2. The Morgan fingerprint density at radius 2 is 1.88 bits per heavy atom. The van der Waals surface area contributed by atoms with Gasteiger partial charge >= 0.3 is 5.97 Å². The van der Waals surface area contributed by atoms with Crippen LogP contribution < -0.4 is 0 Å². The monoisotopic (exact) mass is 449 g/mol. The summed E-state index contributed by atoms with van der Waals surface area (Å²) in [5, 5.41) is 0.853. The summed E-state index contributed by atoms with van der Waals surface area (Å²) in [7, 11) is -2.31. The molecular formula is C25H23NO5S. The fourth-order valence-electron chi connectivity index (χ4n) is 4.69.